The molecule has 0 amide bonds. The molecule has 0 aliphatic heterocycles. The Hall–Kier alpha value is -1.30. The van der Waals surface area contributed by atoms with Gasteiger partial charge in [-0.15, -0.1) is 11.3 Å². The topological polar surface area (TPSA) is 49.9 Å². The summed E-state index contributed by atoms with van der Waals surface area (Å²) in [6, 6.07) is 10.5. The van der Waals surface area contributed by atoms with Gasteiger partial charge in [0.15, 0.2) is 0 Å². The van der Waals surface area contributed by atoms with Crippen molar-refractivity contribution >= 4 is 43.7 Å². The monoisotopic (exact) mass is 311 g/mol. The maximum atomic E-state index is 12.7. The largest absolute Gasteiger partial charge is 0.358 e. The number of H-pyrrole nitrogens is 1. The standard InChI is InChI=1S/C13H10ClNO2S2/c1-8-13(9-4-2-3-5-10(9)15-8)19(16,17)12-7-6-11(14)18-12/h2-7,15H,1H3. The lowest BCUT2D eigenvalue weighted by molar-refractivity contribution is 0.598. The Kier molecular flexibility index (Phi) is 2.92. The van der Waals surface area contributed by atoms with Crippen LogP contribution in [0, 0.1) is 6.92 Å². The van der Waals surface area contributed by atoms with E-state index < -0.39 is 9.84 Å². The summed E-state index contributed by atoms with van der Waals surface area (Å²) in [7, 11) is -3.53. The minimum absolute atomic E-state index is 0.269. The summed E-state index contributed by atoms with van der Waals surface area (Å²) in [6.45, 7) is 1.77. The Balaban J connectivity index is 2.33. The van der Waals surface area contributed by atoms with Crippen LogP contribution >= 0.6 is 22.9 Å². The summed E-state index contributed by atoms with van der Waals surface area (Å²) in [4.78, 5) is 3.44. The number of para-hydroxylation sites is 1. The number of halogens is 1. The van der Waals surface area contributed by atoms with Crippen LogP contribution < -0.4 is 0 Å². The molecule has 2 heterocycles. The fourth-order valence-corrected chi connectivity index (χ4v) is 5.38. The first-order valence-electron chi connectivity index (χ1n) is 5.58. The van der Waals surface area contributed by atoms with E-state index in [1.54, 1.807) is 25.1 Å². The molecule has 6 heteroatoms. The molecule has 0 radical (unpaired) electrons. The predicted molar refractivity (Wildman–Crippen MR) is 77.8 cm³/mol. The molecule has 0 unspecified atom stereocenters. The van der Waals surface area contributed by atoms with E-state index in [4.69, 9.17) is 11.6 Å². The highest BCUT2D eigenvalue weighted by atomic mass is 35.5. The molecular formula is C13H10ClNO2S2. The number of hydrogen-bond acceptors (Lipinski definition) is 3. The summed E-state index contributed by atoms with van der Waals surface area (Å²) >= 11 is 6.91. The Morgan fingerprint density at radius 1 is 1.16 bits per heavy atom. The number of sulfone groups is 1. The van der Waals surface area contributed by atoms with Crippen LogP contribution in [0.15, 0.2) is 45.5 Å². The van der Waals surface area contributed by atoms with Gasteiger partial charge in [0.1, 0.15) is 9.10 Å². The number of benzene rings is 1. The Bertz CT molecular complexity index is 862. The Morgan fingerprint density at radius 2 is 1.89 bits per heavy atom. The highest BCUT2D eigenvalue weighted by Gasteiger charge is 2.25. The van der Waals surface area contributed by atoms with E-state index in [0.717, 1.165) is 16.9 Å². The van der Waals surface area contributed by atoms with Gasteiger partial charge in [0.25, 0.3) is 0 Å². The molecule has 3 rings (SSSR count). The van der Waals surface area contributed by atoms with Gasteiger partial charge in [-0.1, -0.05) is 29.8 Å². The fourth-order valence-electron chi connectivity index (χ4n) is 2.14. The first-order valence-corrected chi connectivity index (χ1v) is 8.25. The Morgan fingerprint density at radius 3 is 2.58 bits per heavy atom. The van der Waals surface area contributed by atoms with Crippen LogP contribution in [0.4, 0.5) is 0 Å². The van der Waals surface area contributed by atoms with Crippen molar-refractivity contribution in [2.75, 3.05) is 0 Å². The van der Waals surface area contributed by atoms with Crippen LogP contribution in [-0.2, 0) is 9.84 Å². The average Bonchev–Trinajstić information content (AvgIpc) is 2.92. The highest BCUT2D eigenvalue weighted by Crippen LogP contribution is 2.35. The summed E-state index contributed by atoms with van der Waals surface area (Å²) in [5, 5.41) is 0.713. The van der Waals surface area contributed by atoms with Crippen molar-refractivity contribution in [1.82, 2.24) is 4.98 Å². The lowest BCUT2D eigenvalue weighted by Gasteiger charge is -2.01. The molecule has 0 atom stereocenters. The van der Waals surface area contributed by atoms with Crippen molar-refractivity contribution < 1.29 is 8.42 Å². The molecule has 3 nitrogen and oxygen atoms in total. The van der Waals surface area contributed by atoms with E-state index in [9.17, 15) is 8.42 Å². The van der Waals surface area contributed by atoms with E-state index in [1.165, 1.54) is 0 Å². The average molecular weight is 312 g/mol. The highest BCUT2D eigenvalue weighted by molar-refractivity contribution is 7.93. The zero-order valence-electron chi connectivity index (χ0n) is 9.98. The molecule has 0 fully saturated rings. The van der Waals surface area contributed by atoms with Crippen LogP contribution in [0.5, 0.6) is 0 Å². The molecular weight excluding hydrogens is 302 g/mol. The second-order valence-electron chi connectivity index (χ2n) is 4.19. The molecule has 0 saturated carbocycles. The van der Waals surface area contributed by atoms with Gasteiger partial charge >= 0.3 is 0 Å². The smallest absolute Gasteiger partial charge is 0.218 e. The lowest BCUT2D eigenvalue weighted by Crippen LogP contribution is -2.00. The van der Waals surface area contributed by atoms with Crippen LogP contribution in [0.1, 0.15) is 5.69 Å². The molecule has 1 N–H and O–H groups in total. The third kappa shape index (κ3) is 1.98. The van der Waals surface area contributed by atoms with E-state index >= 15 is 0 Å². The summed E-state index contributed by atoms with van der Waals surface area (Å²) in [6.07, 6.45) is 0. The van der Waals surface area contributed by atoms with Gasteiger partial charge in [-0.3, -0.25) is 0 Å². The molecule has 0 bridgehead atoms. The van der Waals surface area contributed by atoms with E-state index in [0.29, 0.717) is 20.3 Å². The van der Waals surface area contributed by atoms with Crippen molar-refractivity contribution in [3.8, 4) is 0 Å². The second-order valence-corrected chi connectivity index (χ2v) is 8.02. The third-order valence-electron chi connectivity index (χ3n) is 2.92. The Labute approximate surface area is 119 Å². The summed E-state index contributed by atoms with van der Waals surface area (Å²) < 4.78 is 26.1. The number of fused-ring (bicyclic) bond motifs is 1. The SMILES string of the molecule is Cc1[nH]c2ccccc2c1S(=O)(=O)c1ccc(Cl)s1. The van der Waals surface area contributed by atoms with Crippen molar-refractivity contribution in [3.63, 3.8) is 0 Å². The van der Waals surface area contributed by atoms with Crippen LogP contribution in [-0.4, -0.2) is 13.4 Å². The quantitative estimate of drug-likeness (QED) is 0.777. The maximum absolute atomic E-state index is 12.7. The first kappa shape index (κ1) is 12.7. The van der Waals surface area contributed by atoms with Crippen LogP contribution in [0.25, 0.3) is 10.9 Å². The predicted octanol–water partition coefficient (Wildman–Crippen LogP) is 4.02. The third-order valence-corrected chi connectivity index (χ3v) is 6.58. The molecule has 98 valence electrons. The number of thiophene rings is 1. The number of aryl methyl sites for hydroxylation is 1. The van der Waals surface area contributed by atoms with Gasteiger partial charge in [-0.05, 0) is 25.1 Å². The number of rotatable bonds is 2. The van der Waals surface area contributed by atoms with Crippen molar-refractivity contribution in [3.05, 3.63) is 46.4 Å². The molecule has 1 aromatic carbocycles. The molecule has 0 saturated heterocycles. The number of aromatic amines is 1. The fraction of sp³-hybridized carbons (Fsp3) is 0.0769. The summed E-state index contributed by atoms with van der Waals surface area (Å²) in [5.74, 6) is 0. The maximum Gasteiger partial charge on any atom is 0.218 e. The molecule has 0 aliphatic carbocycles. The van der Waals surface area contributed by atoms with Crippen molar-refractivity contribution in [2.24, 2.45) is 0 Å². The molecule has 19 heavy (non-hydrogen) atoms. The minimum atomic E-state index is -3.53. The van der Waals surface area contributed by atoms with Gasteiger partial charge in [-0.2, -0.15) is 0 Å². The van der Waals surface area contributed by atoms with Crippen molar-refractivity contribution in [2.45, 2.75) is 16.0 Å². The van der Waals surface area contributed by atoms with E-state index in [2.05, 4.69) is 4.98 Å². The van der Waals surface area contributed by atoms with Crippen molar-refractivity contribution in [1.29, 1.82) is 0 Å². The molecule has 3 aromatic rings. The summed E-state index contributed by atoms with van der Waals surface area (Å²) in [5.41, 5.74) is 1.46. The van der Waals surface area contributed by atoms with Gasteiger partial charge < -0.3 is 4.98 Å². The normalized spacial score (nSPS) is 12.1. The van der Waals surface area contributed by atoms with Gasteiger partial charge in [0.2, 0.25) is 9.84 Å². The zero-order valence-corrected chi connectivity index (χ0v) is 12.4. The first-order chi connectivity index (χ1) is 9.00. The second kappa shape index (κ2) is 4.37. The number of aromatic nitrogens is 1. The number of nitrogens with one attached hydrogen (secondary N) is 1. The molecule has 0 aliphatic rings. The lowest BCUT2D eigenvalue weighted by atomic mass is 10.2. The van der Waals surface area contributed by atoms with Crippen LogP contribution in [0.3, 0.4) is 0 Å². The van der Waals surface area contributed by atoms with E-state index in [1.807, 2.05) is 18.2 Å². The molecule has 0 spiro atoms. The molecule has 2 aromatic heterocycles. The van der Waals surface area contributed by atoms with Gasteiger partial charge in [0.05, 0.1) is 4.34 Å². The zero-order chi connectivity index (χ0) is 13.6. The van der Waals surface area contributed by atoms with E-state index in [-0.39, 0.29) is 4.21 Å². The number of hydrogen-bond donors (Lipinski definition) is 1. The minimum Gasteiger partial charge on any atom is -0.358 e. The van der Waals surface area contributed by atoms with Crippen LogP contribution in [0.2, 0.25) is 4.34 Å². The van der Waals surface area contributed by atoms with Gasteiger partial charge in [-0.25, -0.2) is 8.42 Å². The van der Waals surface area contributed by atoms with Gasteiger partial charge in [0, 0.05) is 16.6 Å².